The number of hydrogen-bond donors (Lipinski definition) is 0. The molecule has 1 amide bonds. The van der Waals surface area contributed by atoms with Crippen molar-refractivity contribution >= 4 is 17.7 Å². The predicted molar refractivity (Wildman–Crippen MR) is 132 cm³/mol. The molecule has 0 bridgehead atoms. The van der Waals surface area contributed by atoms with Crippen LogP contribution in [0.1, 0.15) is 16.4 Å². The van der Waals surface area contributed by atoms with Crippen molar-refractivity contribution in [2.45, 2.75) is 17.3 Å². The monoisotopic (exact) mass is 471 g/mol. The summed E-state index contributed by atoms with van der Waals surface area (Å²) >= 11 is 1.43. The molecule has 0 spiro atoms. The molecule has 7 nitrogen and oxygen atoms in total. The van der Waals surface area contributed by atoms with Crippen molar-refractivity contribution < 1.29 is 9.53 Å². The van der Waals surface area contributed by atoms with Crippen molar-refractivity contribution in [2.24, 2.45) is 0 Å². The number of hydrogen-bond acceptors (Lipinski definition) is 6. The Morgan fingerprint density at radius 1 is 0.971 bits per heavy atom. The maximum Gasteiger partial charge on any atom is 0.240 e. The van der Waals surface area contributed by atoms with Gasteiger partial charge in [0.15, 0.2) is 11.0 Å². The highest BCUT2D eigenvalue weighted by atomic mass is 32.2. The van der Waals surface area contributed by atoms with Crippen molar-refractivity contribution in [1.82, 2.24) is 24.6 Å². The Morgan fingerprint density at radius 2 is 1.74 bits per heavy atom. The molecule has 4 aromatic rings. The van der Waals surface area contributed by atoms with Crippen molar-refractivity contribution in [2.75, 3.05) is 26.3 Å². The second-order valence-corrected chi connectivity index (χ2v) is 9.09. The molecule has 2 aromatic carbocycles. The van der Waals surface area contributed by atoms with Gasteiger partial charge in [0.2, 0.25) is 5.91 Å². The van der Waals surface area contributed by atoms with E-state index in [4.69, 9.17) is 4.74 Å². The average molecular weight is 472 g/mol. The quantitative estimate of drug-likeness (QED) is 0.390. The minimum Gasteiger partial charge on any atom is -0.378 e. The van der Waals surface area contributed by atoms with Crippen LogP contribution in [-0.4, -0.2) is 56.9 Å². The average Bonchev–Trinajstić information content (AvgIpc) is 3.32. The number of pyridine rings is 1. The third kappa shape index (κ3) is 4.60. The number of ether oxygens (including phenoxy) is 1. The standard InChI is InChI=1S/C26H25N5O2S/c1-19-8-5-6-12-22(19)31-24(21-11-7-13-27-18-21)28-29-26(31)34-23(20-9-3-2-4-10-20)25(32)30-14-16-33-17-15-30/h2-13,18,23H,14-17H2,1H3. The number of thioether (sulfide) groups is 1. The molecule has 0 radical (unpaired) electrons. The minimum atomic E-state index is -0.451. The van der Waals surface area contributed by atoms with Crippen molar-refractivity contribution in [3.05, 3.63) is 90.3 Å². The first-order valence-electron chi connectivity index (χ1n) is 11.2. The van der Waals surface area contributed by atoms with Crippen LogP contribution in [0, 0.1) is 6.92 Å². The second-order valence-electron chi connectivity index (χ2n) is 8.02. The molecule has 8 heteroatoms. The number of amides is 1. The minimum absolute atomic E-state index is 0.0572. The first-order valence-corrected chi connectivity index (χ1v) is 12.1. The van der Waals surface area contributed by atoms with Gasteiger partial charge >= 0.3 is 0 Å². The SMILES string of the molecule is Cc1ccccc1-n1c(SC(C(=O)N2CCOCC2)c2ccccc2)nnc1-c1cccnc1. The Hall–Kier alpha value is -3.49. The molecule has 5 rings (SSSR count). The molecule has 1 unspecified atom stereocenters. The summed E-state index contributed by atoms with van der Waals surface area (Å²) in [5, 5.41) is 9.29. The highest BCUT2D eigenvalue weighted by molar-refractivity contribution is 8.00. The number of benzene rings is 2. The van der Waals surface area contributed by atoms with E-state index in [2.05, 4.69) is 28.2 Å². The summed E-state index contributed by atoms with van der Waals surface area (Å²) in [6, 6.07) is 21.8. The van der Waals surface area contributed by atoms with Crippen LogP contribution in [0.3, 0.4) is 0 Å². The van der Waals surface area contributed by atoms with Gasteiger partial charge in [0.1, 0.15) is 5.25 Å². The largest absolute Gasteiger partial charge is 0.378 e. The van der Waals surface area contributed by atoms with Gasteiger partial charge in [-0.15, -0.1) is 10.2 Å². The summed E-state index contributed by atoms with van der Waals surface area (Å²) in [7, 11) is 0. The summed E-state index contributed by atoms with van der Waals surface area (Å²) in [4.78, 5) is 19.8. The maximum atomic E-state index is 13.7. The number of rotatable bonds is 6. The van der Waals surface area contributed by atoms with Crippen LogP contribution in [0.2, 0.25) is 0 Å². The van der Waals surface area contributed by atoms with Crippen LogP contribution in [0.25, 0.3) is 17.1 Å². The lowest BCUT2D eigenvalue weighted by Crippen LogP contribution is -2.42. The molecular weight excluding hydrogens is 446 g/mol. The number of carbonyl (C=O) groups is 1. The molecule has 1 aliphatic rings. The molecule has 1 aliphatic heterocycles. The smallest absolute Gasteiger partial charge is 0.240 e. The number of nitrogens with zero attached hydrogens (tertiary/aromatic N) is 5. The Labute approximate surface area is 202 Å². The fraction of sp³-hybridized carbons (Fsp3) is 0.231. The third-order valence-corrected chi connectivity index (χ3v) is 6.97. The Balaban J connectivity index is 1.59. The van der Waals surface area contributed by atoms with E-state index in [1.165, 1.54) is 11.8 Å². The molecule has 3 heterocycles. The molecule has 1 fully saturated rings. The van der Waals surface area contributed by atoms with Crippen molar-refractivity contribution in [3.8, 4) is 17.1 Å². The fourth-order valence-corrected chi connectivity index (χ4v) is 5.14. The molecule has 0 N–H and O–H groups in total. The van der Waals surface area contributed by atoms with E-state index in [-0.39, 0.29) is 5.91 Å². The van der Waals surface area contributed by atoms with Gasteiger partial charge in [-0.3, -0.25) is 14.3 Å². The zero-order valence-corrected chi connectivity index (χ0v) is 19.7. The lowest BCUT2D eigenvalue weighted by Gasteiger charge is -2.30. The zero-order chi connectivity index (χ0) is 23.3. The molecule has 1 saturated heterocycles. The van der Waals surface area contributed by atoms with Gasteiger partial charge in [0.25, 0.3) is 0 Å². The number of aromatic nitrogens is 4. The van der Waals surface area contributed by atoms with E-state index in [0.29, 0.717) is 37.3 Å². The first-order chi connectivity index (χ1) is 16.7. The Morgan fingerprint density at radius 3 is 2.47 bits per heavy atom. The van der Waals surface area contributed by atoms with Gasteiger partial charge in [0, 0.05) is 31.0 Å². The van der Waals surface area contributed by atoms with Crippen LogP contribution >= 0.6 is 11.8 Å². The molecule has 172 valence electrons. The van der Waals surface area contributed by atoms with Crippen LogP contribution in [0.4, 0.5) is 0 Å². The van der Waals surface area contributed by atoms with Crippen LogP contribution < -0.4 is 0 Å². The zero-order valence-electron chi connectivity index (χ0n) is 18.9. The summed E-state index contributed by atoms with van der Waals surface area (Å²) in [6.45, 7) is 4.36. The van der Waals surface area contributed by atoms with Gasteiger partial charge in [0.05, 0.1) is 18.9 Å². The summed E-state index contributed by atoms with van der Waals surface area (Å²) in [5.74, 6) is 0.747. The Bertz CT molecular complexity index is 1260. The normalized spacial score (nSPS) is 14.7. The van der Waals surface area contributed by atoms with Crippen molar-refractivity contribution in [3.63, 3.8) is 0 Å². The lowest BCUT2D eigenvalue weighted by atomic mass is 10.1. The molecule has 0 aliphatic carbocycles. The van der Waals surface area contributed by atoms with E-state index >= 15 is 0 Å². The number of morpholine rings is 1. The second kappa shape index (κ2) is 10.2. The summed E-state index contributed by atoms with van der Waals surface area (Å²) < 4.78 is 7.49. The van der Waals surface area contributed by atoms with E-state index in [1.807, 2.05) is 70.1 Å². The van der Waals surface area contributed by atoms with Gasteiger partial charge < -0.3 is 9.64 Å². The van der Waals surface area contributed by atoms with Gasteiger partial charge in [-0.25, -0.2) is 0 Å². The van der Waals surface area contributed by atoms with E-state index in [1.54, 1.807) is 12.4 Å². The predicted octanol–water partition coefficient (Wildman–Crippen LogP) is 4.33. The molecule has 0 saturated carbocycles. The van der Waals surface area contributed by atoms with Gasteiger partial charge in [-0.1, -0.05) is 60.3 Å². The maximum absolute atomic E-state index is 13.7. The van der Waals surface area contributed by atoms with Gasteiger partial charge in [-0.2, -0.15) is 0 Å². The molecule has 34 heavy (non-hydrogen) atoms. The van der Waals surface area contributed by atoms with Crippen molar-refractivity contribution in [1.29, 1.82) is 0 Å². The van der Waals surface area contributed by atoms with Crippen LogP contribution in [-0.2, 0) is 9.53 Å². The summed E-state index contributed by atoms with van der Waals surface area (Å²) in [5.41, 5.74) is 3.86. The highest BCUT2D eigenvalue weighted by Crippen LogP contribution is 2.39. The van der Waals surface area contributed by atoms with E-state index < -0.39 is 5.25 Å². The number of para-hydroxylation sites is 1. The van der Waals surface area contributed by atoms with E-state index in [9.17, 15) is 4.79 Å². The molecule has 1 atom stereocenters. The fourth-order valence-electron chi connectivity index (χ4n) is 4.00. The van der Waals surface area contributed by atoms with Crippen LogP contribution in [0.5, 0.6) is 0 Å². The topological polar surface area (TPSA) is 73.1 Å². The molecule has 2 aromatic heterocycles. The van der Waals surface area contributed by atoms with Gasteiger partial charge in [-0.05, 0) is 36.2 Å². The number of aryl methyl sites for hydroxylation is 1. The molecular formula is C26H25N5O2S. The highest BCUT2D eigenvalue weighted by Gasteiger charge is 2.31. The third-order valence-electron chi connectivity index (χ3n) is 5.78. The Kier molecular flexibility index (Phi) is 6.69. The lowest BCUT2D eigenvalue weighted by molar-refractivity contribution is -0.134. The van der Waals surface area contributed by atoms with E-state index in [0.717, 1.165) is 22.4 Å². The summed E-state index contributed by atoms with van der Waals surface area (Å²) in [6.07, 6.45) is 3.51. The first kappa shape index (κ1) is 22.3. The number of carbonyl (C=O) groups excluding carboxylic acids is 1. The van der Waals surface area contributed by atoms with Crippen LogP contribution in [0.15, 0.2) is 84.3 Å².